The van der Waals surface area contributed by atoms with E-state index < -0.39 is 0 Å². The van der Waals surface area contributed by atoms with Crippen LogP contribution in [0.1, 0.15) is 38.0 Å². The van der Waals surface area contributed by atoms with Crippen molar-refractivity contribution in [3.63, 3.8) is 0 Å². The Morgan fingerprint density at radius 1 is 1.13 bits per heavy atom. The van der Waals surface area contributed by atoms with Crippen LogP contribution in [-0.4, -0.2) is 41.9 Å². The lowest BCUT2D eigenvalue weighted by atomic mass is 10.0. The van der Waals surface area contributed by atoms with Crippen LogP contribution in [0.5, 0.6) is 5.75 Å². The van der Waals surface area contributed by atoms with Crippen molar-refractivity contribution >= 4 is 5.91 Å². The molecule has 0 bridgehead atoms. The van der Waals surface area contributed by atoms with Gasteiger partial charge in [-0.05, 0) is 30.5 Å². The van der Waals surface area contributed by atoms with Crippen LogP contribution in [0.2, 0.25) is 0 Å². The van der Waals surface area contributed by atoms with Crippen molar-refractivity contribution in [3.05, 3.63) is 64.0 Å². The van der Waals surface area contributed by atoms with E-state index in [9.17, 15) is 14.0 Å². The third kappa shape index (κ3) is 5.69. The standard InChI is InChI=1S/C23H29FN2O4/c1-3-18(4-2)23(28)26-11-9-25(10-12-26)14-20-13-21(27)22(16-29-20)30-15-17-5-7-19(24)8-6-17/h5-8,13,16,18H,3-4,9-12,14-15H2,1-2H3. The minimum absolute atomic E-state index is 0.108. The quantitative estimate of drug-likeness (QED) is 0.660. The van der Waals surface area contributed by atoms with Gasteiger partial charge in [0.25, 0.3) is 0 Å². The highest BCUT2D eigenvalue weighted by Crippen LogP contribution is 2.16. The number of carbonyl (C=O) groups excluding carboxylic acids is 1. The molecule has 6 nitrogen and oxygen atoms in total. The molecule has 30 heavy (non-hydrogen) atoms. The summed E-state index contributed by atoms with van der Waals surface area (Å²) in [6.07, 6.45) is 3.07. The Hall–Kier alpha value is -2.67. The van der Waals surface area contributed by atoms with Crippen molar-refractivity contribution < 1.29 is 18.3 Å². The van der Waals surface area contributed by atoms with Gasteiger partial charge in [-0.1, -0.05) is 26.0 Å². The zero-order chi connectivity index (χ0) is 21.5. The molecular weight excluding hydrogens is 387 g/mol. The number of amides is 1. The molecule has 0 saturated carbocycles. The summed E-state index contributed by atoms with van der Waals surface area (Å²) in [4.78, 5) is 28.9. The minimum atomic E-state index is -0.316. The van der Waals surface area contributed by atoms with Gasteiger partial charge in [-0.25, -0.2) is 4.39 Å². The highest BCUT2D eigenvalue weighted by atomic mass is 19.1. The number of benzene rings is 1. The van der Waals surface area contributed by atoms with E-state index in [1.165, 1.54) is 24.5 Å². The van der Waals surface area contributed by atoms with Crippen molar-refractivity contribution in [2.75, 3.05) is 26.2 Å². The van der Waals surface area contributed by atoms with E-state index in [0.29, 0.717) is 25.4 Å². The molecule has 0 N–H and O–H groups in total. The van der Waals surface area contributed by atoms with Crippen LogP contribution in [0, 0.1) is 11.7 Å². The number of halogens is 1. The molecular formula is C23H29FN2O4. The number of piperazine rings is 1. The van der Waals surface area contributed by atoms with Gasteiger partial charge in [-0.15, -0.1) is 0 Å². The number of carbonyl (C=O) groups is 1. The molecule has 0 radical (unpaired) electrons. The summed E-state index contributed by atoms with van der Waals surface area (Å²) >= 11 is 0. The van der Waals surface area contributed by atoms with Gasteiger partial charge in [0, 0.05) is 38.2 Å². The van der Waals surface area contributed by atoms with E-state index >= 15 is 0 Å². The molecule has 3 rings (SSSR count). The summed E-state index contributed by atoms with van der Waals surface area (Å²) in [7, 11) is 0. The number of hydrogen-bond donors (Lipinski definition) is 0. The normalized spacial score (nSPS) is 14.9. The van der Waals surface area contributed by atoms with Gasteiger partial charge in [0.2, 0.25) is 17.1 Å². The molecule has 162 valence electrons. The van der Waals surface area contributed by atoms with Gasteiger partial charge in [0.15, 0.2) is 0 Å². The average Bonchev–Trinajstić information content (AvgIpc) is 2.75. The number of ether oxygens (including phenoxy) is 1. The van der Waals surface area contributed by atoms with Crippen LogP contribution in [0.15, 0.2) is 45.8 Å². The molecule has 2 heterocycles. The molecule has 1 saturated heterocycles. The monoisotopic (exact) mass is 416 g/mol. The van der Waals surface area contributed by atoms with Crippen molar-refractivity contribution in [3.8, 4) is 5.75 Å². The zero-order valence-electron chi connectivity index (χ0n) is 17.6. The SMILES string of the molecule is CCC(CC)C(=O)N1CCN(Cc2cc(=O)c(OCc3ccc(F)cc3)co2)CC1. The Morgan fingerprint density at radius 2 is 1.80 bits per heavy atom. The van der Waals surface area contributed by atoms with Crippen LogP contribution in [-0.2, 0) is 17.9 Å². The first-order valence-corrected chi connectivity index (χ1v) is 10.5. The zero-order valence-corrected chi connectivity index (χ0v) is 17.6. The van der Waals surface area contributed by atoms with Crippen LogP contribution in [0.25, 0.3) is 0 Å². The first-order valence-electron chi connectivity index (χ1n) is 10.5. The second-order valence-electron chi connectivity index (χ2n) is 7.60. The Bertz CT molecular complexity index is 885. The van der Waals surface area contributed by atoms with Gasteiger partial charge in [-0.2, -0.15) is 0 Å². The molecule has 2 aromatic rings. The molecule has 1 fully saturated rings. The smallest absolute Gasteiger partial charge is 0.227 e. The summed E-state index contributed by atoms with van der Waals surface area (Å²) in [5, 5.41) is 0. The fourth-order valence-corrected chi connectivity index (χ4v) is 3.61. The Balaban J connectivity index is 1.51. The van der Waals surface area contributed by atoms with Crippen LogP contribution >= 0.6 is 0 Å². The molecule has 7 heteroatoms. The predicted octanol–water partition coefficient (Wildman–Crippen LogP) is 3.44. The van der Waals surface area contributed by atoms with E-state index in [0.717, 1.165) is 31.5 Å². The van der Waals surface area contributed by atoms with Gasteiger partial charge < -0.3 is 14.1 Å². The van der Waals surface area contributed by atoms with Crippen LogP contribution < -0.4 is 10.2 Å². The highest BCUT2D eigenvalue weighted by molar-refractivity contribution is 5.78. The number of nitrogens with zero attached hydrogens (tertiary/aromatic N) is 2. The predicted molar refractivity (Wildman–Crippen MR) is 112 cm³/mol. The molecule has 1 aliphatic rings. The summed E-state index contributed by atoms with van der Waals surface area (Å²) in [5.41, 5.74) is 0.515. The average molecular weight is 416 g/mol. The molecule has 1 aromatic heterocycles. The van der Waals surface area contributed by atoms with Crippen molar-refractivity contribution in [1.82, 2.24) is 9.80 Å². The second kappa shape index (κ2) is 10.4. The number of hydrogen-bond acceptors (Lipinski definition) is 5. The Labute approximate surface area is 176 Å². The lowest BCUT2D eigenvalue weighted by Gasteiger charge is -2.36. The molecule has 1 aliphatic heterocycles. The molecule has 1 aromatic carbocycles. The van der Waals surface area contributed by atoms with Gasteiger partial charge in [0.1, 0.15) is 24.4 Å². The van der Waals surface area contributed by atoms with Gasteiger partial charge in [0.05, 0.1) is 6.54 Å². The molecule has 0 spiro atoms. The van der Waals surface area contributed by atoms with Gasteiger partial charge >= 0.3 is 0 Å². The first kappa shape index (κ1) is 22.0. The number of rotatable bonds is 8. The fourth-order valence-electron chi connectivity index (χ4n) is 3.61. The lowest BCUT2D eigenvalue weighted by molar-refractivity contribution is -0.137. The largest absolute Gasteiger partial charge is 0.482 e. The minimum Gasteiger partial charge on any atom is -0.482 e. The maximum Gasteiger partial charge on any atom is 0.227 e. The maximum atomic E-state index is 13.0. The molecule has 0 atom stereocenters. The van der Waals surface area contributed by atoms with Gasteiger partial charge in [-0.3, -0.25) is 14.5 Å². The van der Waals surface area contributed by atoms with Crippen LogP contribution in [0.3, 0.4) is 0 Å². The van der Waals surface area contributed by atoms with E-state index in [1.54, 1.807) is 12.1 Å². The van der Waals surface area contributed by atoms with E-state index in [-0.39, 0.29) is 35.4 Å². The maximum absolute atomic E-state index is 13.0. The van der Waals surface area contributed by atoms with Crippen molar-refractivity contribution in [2.24, 2.45) is 5.92 Å². The molecule has 0 unspecified atom stereocenters. The molecule has 1 amide bonds. The first-order chi connectivity index (χ1) is 14.5. The van der Waals surface area contributed by atoms with Crippen molar-refractivity contribution in [2.45, 2.75) is 39.8 Å². The highest BCUT2D eigenvalue weighted by Gasteiger charge is 2.25. The van der Waals surface area contributed by atoms with Crippen LogP contribution in [0.4, 0.5) is 4.39 Å². The third-order valence-electron chi connectivity index (χ3n) is 5.56. The Kier molecular flexibility index (Phi) is 7.63. The topological polar surface area (TPSA) is 63.0 Å². The fraction of sp³-hybridized carbons (Fsp3) is 0.478. The van der Waals surface area contributed by atoms with E-state index in [4.69, 9.17) is 9.15 Å². The van der Waals surface area contributed by atoms with E-state index in [1.807, 2.05) is 4.90 Å². The summed E-state index contributed by atoms with van der Waals surface area (Å²) in [6.45, 7) is 7.67. The lowest BCUT2D eigenvalue weighted by Crippen LogP contribution is -2.49. The third-order valence-corrected chi connectivity index (χ3v) is 5.56. The van der Waals surface area contributed by atoms with E-state index in [2.05, 4.69) is 18.7 Å². The molecule has 0 aliphatic carbocycles. The summed E-state index contributed by atoms with van der Waals surface area (Å²) < 4.78 is 24.0. The van der Waals surface area contributed by atoms with Crippen molar-refractivity contribution in [1.29, 1.82) is 0 Å². The second-order valence-corrected chi connectivity index (χ2v) is 7.60. The Morgan fingerprint density at radius 3 is 2.40 bits per heavy atom. The summed E-state index contributed by atoms with van der Waals surface area (Å²) in [6, 6.07) is 7.37. The summed E-state index contributed by atoms with van der Waals surface area (Å²) in [5.74, 6) is 0.729.